The molecule has 1 aromatic rings. The lowest BCUT2D eigenvalue weighted by atomic mass is 9.90. The van der Waals surface area contributed by atoms with Gasteiger partial charge in [0.05, 0.1) is 11.8 Å². The molecule has 0 radical (unpaired) electrons. The van der Waals surface area contributed by atoms with Crippen LogP contribution in [0.3, 0.4) is 0 Å². The summed E-state index contributed by atoms with van der Waals surface area (Å²) in [6.45, 7) is 1.70. The molecule has 26 heavy (non-hydrogen) atoms. The normalized spacial score (nSPS) is 26.7. The molecule has 0 spiro atoms. The SMILES string of the molecule is O=C(NC1CCCC1)C1CC1C(=O)N1CCC(Cc2ccccc2)CC1. The number of nitrogens with one attached hydrogen (secondary N) is 1. The molecular weight excluding hydrogens is 324 g/mol. The van der Waals surface area contributed by atoms with Gasteiger partial charge in [0.25, 0.3) is 0 Å². The van der Waals surface area contributed by atoms with Crippen molar-refractivity contribution in [3.8, 4) is 0 Å². The Morgan fingerprint density at radius 3 is 2.35 bits per heavy atom. The number of amides is 2. The number of hydrogen-bond donors (Lipinski definition) is 1. The smallest absolute Gasteiger partial charge is 0.226 e. The van der Waals surface area contributed by atoms with Gasteiger partial charge in [0.2, 0.25) is 11.8 Å². The standard InChI is InChI=1S/C22H30N2O2/c25-21(23-18-8-4-5-9-18)19-15-20(19)22(26)24-12-10-17(11-13-24)14-16-6-2-1-3-7-16/h1-3,6-7,17-20H,4-5,8-15H2,(H,23,25). The van der Waals surface area contributed by atoms with Gasteiger partial charge in [-0.2, -0.15) is 0 Å². The molecule has 2 unspecified atom stereocenters. The first-order valence-corrected chi connectivity index (χ1v) is 10.3. The van der Waals surface area contributed by atoms with Crippen LogP contribution in [0.15, 0.2) is 30.3 Å². The molecular formula is C22H30N2O2. The minimum Gasteiger partial charge on any atom is -0.353 e. The van der Waals surface area contributed by atoms with Crippen LogP contribution in [0.1, 0.15) is 50.5 Å². The van der Waals surface area contributed by atoms with Crippen molar-refractivity contribution in [1.82, 2.24) is 10.2 Å². The van der Waals surface area contributed by atoms with Crippen molar-refractivity contribution in [2.75, 3.05) is 13.1 Å². The van der Waals surface area contributed by atoms with Gasteiger partial charge >= 0.3 is 0 Å². The molecule has 3 fully saturated rings. The molecule has 1 N–H and O–H groups in total. The number of hydrogen-bond acceptors (Lipinski definition) is 2. The van der Waals surface area contributed by atoms with Gasteiger partial charge in [-0.25, -0.2) is 0 Å². The second-order valence-electron chi connectivity index (χ2n) is 8.40. The summed E-state index contributed by atoms with van der Waals surface area (Å²) < 4.78 is 0. The van der Waals surface area contributed by atoms with Crippen molar-refractivity contribution in [3.63, 3.8) is 0 Å². The Morgan fingerprint density at radius 2 is 1.65 bits per heavy atom. The third-order valence-corrected chi connectivity index (χ3v) is 6.44. The quantitative estimate of drug-likeness (QED) is 0.883. The maximum absolute atomic E-state index is 12.7. The highest BCUT2D eigenvalue weighted by molar-refractivity contribution is 5.92. The Bertz CT molecular complexity index is 631. The van der Waals surface area contributed by atoms with Crippen molar-refractivity contribution >= 4 is 11.8 Å². The first-order chi connectivity index (χ1) is 12.7. The van der Waals surface area contributed by atoms with Gasteiger partial charge in [0.1, 0.15) is 0 Å². The van der Waals surface area contributed by atoms with Crippen molar-refractivity contribution in [2.45, 2.75) is 57.4 Å². The van der Waals surface area contributed by atoms with Crippen LogP contribution in [-0.4, -0.2) is 35.8 Å². The summed E-state index contributed by atoms with van der Waals surface area (Å²) in [6.07, 6.45) is 8.66. The zero-order valence-electron chi connectivity index (χ0n) is 15.5. The van der Waals surface area contributed by atoms with E-state index in [-0.39, 0.29) is 23.7 Å². The van der Waals surface area contributed by atoms with Crippen molar-refractivity contribution in [3.05, 3.63) is 35.9 Å². The van der Waals surface area contributed by atoms with E-state index in [4.69, 9.17) is 0 Å². The lowest BCUT2D eigenvalue weighted by Gasteiger charge is -2.32. The Kier molecular flexibility index (Phi) is 5.28. The maximum Gasteiger partial charge on any atom is 0.226 e. The zero-order valence-corrected chi connectivity index (χ0v) is 15.5. The molecule has 4 heteroatoms. The average molecular weight is 354 g/mol. The third kappa shape index (κ3) is 4.11. The molecule has 2 saturated carbocycles. The molecule has 2 aliphatic carbocycles. The highest BCUT2D eigenvalue weighted by Crippen LogP contribution is 2.41. The number of piperidine rings is 1. The largest absolute Gasteiger partial charge is 0.353 e. The van der Waals surface area contributed by atoms with Gasteiger partial charge in [-0.15, -0.1) is 0 Å². The second-order valence-corrected chi connectivity index (χ2v) is 8.40. The molecule has 1 saturated heterocycles. The Hall–Kier alpha value is -1.84. The maximum atomic E-state index is 12.7. The fourth-order valence-electron chi connectivity index (χ4n) is 4.68. The lowest BCUT2D eigenvalue weighted by molar-refractivity contribution is -0.136. The zero-order chi connectivity index (χ0) is 17.9. The molecule has 0 bridgehead atoms. The van der Waals surface area contributed by atoms with Crippen molar-refractivity contribution in [2.24, 2.45) is 17.8 Å². The third-order valence-electron chi connectivity index (χ3n) is 6.44. The minimum absolute atomic E-state index is 0.0536. The van der Waals surface area contributed by atoms with E-state index in [0.29, 0.717) is 12.0 Å². The van der Waals surface area contributed by atoms with Gasteiger partial charge in [0.15, 0.2) is 0 Å². The van der Waals surface area contributed by atoms with Crippen molar-refractivity contribution in [1.29, 1.82) is 0 Å². The first-order valence-electron chi connectivity index (χ1n) is 10.3. The molecule has 2 amide bonds. The van der Waals surface area contributed by atoms with Crippen LogP contribution in [0.5, 0.6) is 0 Å². The Balaban J connectivity index is 1.21. The van der Waals surface area contributed by atoms with Gasteiger partial charge in [-0.1, -0.05) is 43.2 Å². The second kappa shape index (κ2) is 7.81. The predicted octanol–water partition coefficient (Wildman–Crippen LogP) is 3.16. The summed E-state index contributed by atoms with van der Waals surface area (Å²) >= 11 is 0. The molecule has 4 nitrogen and oxygen atoms in total. The van der Waals surface area contributed by atoms with Crippen LogP contribution >= 0.6 is 0 Å². The summed E-state index contributed by atoms with van der Waals surface area (Å²) in [5.74, 6) is 0.887. The average Bonchev–Trinajstić information content (AvgIpc) is 3.32. The monoisotopic (exact) mass is 354 g/mol. The fourth-order valence-corrected chi connectivity index (χ4v) is 4.68. The number of likely N-dealkylation sites (tertiary alicyclic amines) is 1. The van der Waals surface area contributed by atoms with Crippen LogP contribution in [0.2, 0.25) is 0 Å². The van der Waals surface area contributed by atoms with Crippen LogP contribution in [0, 0.1) is 17.8 Å². The summed E-state index contributed by atoms with van der Waals surface area (Å²) in [4.78, 5) is 27.1. The number of carbonyl (C=O) groups is 2. The molecule has 1 aromatic carbocycles. The van der Waals surface area contributed by atoms with Crippen molar-refractivity contribution < 1.29 is 9.59 Å². The molecule has 1 aliphatic heterocycles. The van der Waals surface area contributed by atoms with Gasteiger partial charge in [-0.3, -0.25) is 9.59 Å². The molecule has 1 heterocycles. The summed E-state index contributed by atoms with van der Waals surface area (Å²) in [5, 5.41) is 3.15. The van der Waals surface area contributed by atoms with Crippen LogP contribution < -0.4 is 5.32 Å². The van der Waals surface area contributed by atoms with E-state index in [0.717, 1.165) is 51.6 Å². The van der Waals surface area contributed by atoms with Gasteiger partial charge in [0, 0.05) is 19.1 Å². The van der Waals surface area contributed by atoms with E-state index in [1.165, 1.54) is 18.4 Å². The highest BCUT2D eigenvalue weighted by atomic mass is 16.2. The Morgan fingerprint density at radius 1 is 0.962 bits per heavy atom. The number of nitrogens with zero attached hydrogens (tertiary/aromatic N) is 1. The fraction of sp³-hybridized carbons (Fsp3) is 0.636. The van der Waals surface area contributed by atoms with E-state index >= 15 is 0 Å². The van der Waals surface area contributed by atoms with Crippen LogP contribution in [-0.2, 0) is 16.0 Å². The first kappa shape index (κ1) is 17.6. The number of carbonyl (C=O) groups excluding carboxylic acids is 2. The van der Waals surface area contributed by atoms with E-state index in [1.807, 2.05) is 4.90 Å². The topological polar surface area (TPSA) is 49.4 Å². The summed E-state index contributed by atoms with van der Waals surface area (Å²) in [7, 11) is 0. The highest BCUT2D eigenvalue weighted by Gasteiger charge is 2.50. The van der Waals surface area contributed by atoms with Crippen LogP contribution in [0.25, 0.3) is 0 Å². The lowest BCUT2D eigenvalue weighted by Crippen LogP contribution is -2.41. The Labute approximate surface area is 156 Å². The molecule has 0 aromatic heterocycles. The molecule has 2 atom stereocenters. The minimum atomic E-state index is -0.0647. The van der Waals surface area contributed by atoms with Gasteiger partial charge in [-0.05, 0) is 50.0 Å². The molecule has 3 aliphatic rings. The van der Waals surface area contributed by atoms with Gasteiger partial charge < -0.3 is 10.2 Å². The molecule has 4 rings (SSSR count). The number of rotatable bonds is 5. The predicted molar refractivity (Wildman–Crippen MR) is 101 cm³/mol. The summed E-state index contributed by atoms with van der Waals surface area (Å²) in [6, 6.07) is 11.0. The van der Waals surface area contributed by atoms with E-state index < -0.39 is 0 Å². The van der Waals surface area contributed by atoms with E-state index in [1.54, 1.807) is 0 Å². The van der Waals surface area contributed by atoms with Crippen LogP contribution in [0.4, 0.5) is 0 Å². The van der Waals surface area contributed by atoms with E-state index in [2.05, 4.69) is 35.6 Å². The molecule has 140 valence electrons. The number of benzene rings is 1. The van der Waals surface area contributed by atoms with E-state index in [9.17, 15) is 9.59 Å². The summed E-state index contributed by atoms with van der Waals surface area (Å²) in [5.41, 5.74) is 1.39.